The zero-order valence-electron chi connectivity index (χ0n) is 10.3. The molecule has 19 heavy (non-hydrogen) atoms. The first kappa shape index (κ1) is 14.5. The first-order valence-corrected chi connectivity index (χ1v) is 8.40. The van der Waals surface area contributed by atoms with Gasteiger partial charge in [-0.1, -0.05) is 11.6 Å². The summed E-state index contributed by atoms with van der Waals surface area (Å²) in [5, 5.41) is 6.78. The minimum Gasteiger partial charge on any atom is -0.283 e. The van der Waals surface area contributed by atoms with Crippen LogP contribution in [0.1, 0.15) is 17.7 Å². The van der Waals surface area contributed by atoms with Gasteiger partial charge in [0, 0.05) is 12.2 Å². The number of aromatic nitrogens is 2. The Morgan fingerprint density at radius 1 is 1.47 bits per heavy atom. The van der Waals surface area contributed by atoms with Crippen LogP contribution in [-0.4, -0.2) is 25.2 Å². The molecule has 8 heteroatoms. The first-order valence-electron chi connectivity index (χ1n) is 5.73. The second kappa shape index (κ2) is 6.04. The monoisotopic (exact) mass is 319 g/mol. The van der Waals surface area contributed by atoms with Crippen LogP contribution in [0.5, 0.6) is 0 Å². The molecule has 0 atom stereocenters. The Bertz CT molecular complexity index is 648. The smallest absolute Gasteiger partial charge is 0.250 e. The van der Waals surface area contributed by atoms with Crippen molar-refractivity contribution in [1.29, 1.82) is 0 Å². The van der Waals surface area contributed by atoms with E-state index in [0.717, 1.165) is 35.4 Å². The topological polar surface area (TPSA) is 74.8 Å². The molecule has 0 unspecified atom stereocenters. The Labute approximate surface area is 121 Å². The molecule has 2 heterocycles. The highest BCUT2D eigenvalue weighted by atomic mass is 35.5. The lowest BCUT2D eigenvalue weighted by molar-refractivity contribution is 0.581. The number of nitrogens with zero attached hydrogens (tertiary/aromatic N) is 1. The van der Waals surface area contributed by atoms with Crippen LogP contribution in [0.15, 0.2) is 22.5 Å². The van der Waals surface area contributed by atoms with E-state index in [4.69, 9.17) is 11.6 Å². The predicted molar refractivity (Wildman–Crippen MR) is 76.2 cm³/mol. The van der Waals surface area contributed by atoms with E-state index < -0.39 is 10.0 Å². The summed E-state index contributed by atoms with van der Waals surface area (Å²) in [5.74, 6) is 0. The van der Waals surface area contributed by atoms with Crippen LogP contribution >= 0.6 is 22.9 Å². The molecule has 0 aliphatic rings. The maximum Gasteiger partial charge on any atom is 0.250 e. The normalized spacial score (nSPS) is 11.9. The number of hydrogen-bond donors (Lipinski definition) is 2. The van der Waals surface area contributed by atoms with E-state index in [0.29, 0.717) is 10.9 Å². The number of aryl methyl sites for hydroxylation is 2. The van der Waals surface area contributed by atoms with Gasteiger partial charge >= 0.3 is 0 Å². The van der Waals surface area contributed by atoms with Crippen LogP contribution in [0.4, 0.5) is 0 Å². The van der Waals surface area contributed by atoms with Gasteiger partial charge in [0.15, 0.2) is 0 Å². The van der Waals surface area contributed by atoms with Crippen molar-refractivity contribution in [2.75, 3.05) is 6.54 Å². The molecule has 2 aromatic heterocycles. The Morgan fingerprint density at radius 2 is 2.26 bits per heavy atom. The van der Waals surface area contributed by atoms with Crippen LogP contribution < -0.4 is 4.72 Å². The van der Waals surface area contributed by atoms with Gasteiger partial charge in [-0.15, -0.1) is 11.3 Å². The van der Waals surface area contributed by atoms with Crippen molar-refractivity contribution in [3.63, 3.8) is 0 Å². The molecule has 5 nitrogen and oxygen atoms in total. The van der Waals surface area contributed by atoms with E-state index >= 15 is 0 Å². The van der Waals surface area contributed by atoms with Crippen molar-refractivity contribution < 1.29 is 8.42 Å². The second-order valence-electron chi connectivity index (χ2n) is 4.08. The summed E-state index contributed by atoms with van der Waals surface area (Å²) in [6.07, 6.45) is 3.28. The van der Waals surface area contributed by atoms with Crippen molar-refractivity contribution in [1.82, 2.24) is 14.9 Å². The third kappa shape index (κ3) is 3.79. The number of nitrogens with one attached hydrogen (secondary N) is 2. The highest BCUT2D eigenvalue weighted by Gasteiger charge is 2.15. The van der Waals surface area contributed by atoms with Crippen molar-refractivity contribution in [2.24, 2.45) is 0 Å². The molecule has 0 amide bonds. The number of aromatic amines is 1. The third-order valence-electron chi connectivity index (χ3n) is 2.66. The van der Waals surface area contributed by atoms with Crippen LogP contribution in [0, 0.1) is 6.92 Å². The van der Waals surface area contributed by atoms with Gasteiger partial charge < -0.3 is 0 Å². The molecule has 0 aromatic carbocycles. The summed E-state index contributed by atoms with van der Waals surface area (Å²) < 4.78 is 27.1. The zero-order valence-corrected chi connectivity index (χ0v) is 12.7. The van der Waals surface area contributed by atoms with Crippen LogP contribution in [0.25, 0.3) is 0 Å². The molecule has 0 radical (unpaired) electrons. The Kier molecular flexibility index (Phi) is 4.62. The van der Waals surface area contributed by atoms with Gasteiger partial charge in [0.2, 0.25) is 10.0 Å². The van der Waals surface area contributed by atoms with Crippen LogP contribution in [0.3, 0.4) is 0 Å². The second-order valence-corrected chi connectivity index (χ2v) is 7.79. The lowest BCUT2D eigenvalue weighted by atomic mass is 10.1. The summed E-state index contributed by atoms with van der Waals surface area (Å²) in [7, 11) is -3.43. The molecule has 0 spiro atoms. The van der Waals surface area contributed by atoms with E-state index in [1.54, 1.807) is 12.3 Å². The van der Waals surface area contributed by atoms with Gasteiger partial charge in [-0.05, 0) is 37.5 Å². The number of rotatable bonds is 6. The number of sulfonamides is 1. The lowest BCUT2D eigenvalue weighted by Crippen LogP contribution is -2.24. The highest BCUT2D eigenvalue weighted by Crippen LogP contribution is 2.25. The van der Waals surface area contributed by atoms with Crippen molar-refractivity contribution in [3.05, 3.63) is 33.9 Å². The minimum absolute atomic E-state index is 0.247. The van der Waals surface area contributed by atoms with Gasteiger partial charge in [-0.3, -0.25) is 5.10 Å². The van der Waals surface area contributed by atoms with E-state index in [2.05, 4.69) is 14.9 Å². The van der Waals surface area contributed by atoms with Crippen molar-refractivity contribution >= 4 is 33.0 Å². The Hall–Kier alpha value is -0.890. The maximum absolute atomic E-state index is 11.9. The van der Waals surface area contributed by atoms with Gasteiger partial charge in [0.25, 0.3) is 0 Å². The molecule has 2 aromatic rings. The molecule has 2 rings (SSSR count). The molecule has 0 aliphatic heterocycles. The van der Waals surface area contributed by atoms with E-state index in [1.807, 2.05) is 6.92 Å². The van der Waals surface area contributed by atoms with Gasteiger partial charge in [-0.2, -0.15) is 5.10 Å². The average Bonchev–Trinajstić information content (AvgIpc) is 2.94. The highest BCUT2D eigenvalue weighted by molar-refractivity contribution is 7.91. The summed E-state index contributed by atoms with van der Waals surface area (Å²) in [6, 6.07) is 3.09. The predicted octanol–water partition coefficient (Wildman–Crippen LogP) is 2.34. The van der Waals surface area contributed by atoms with Crippen molar-refractivity contribution in [2.45, 2.75) is 24.0 Å². The molecule has 0 saturated carbocycles. The first-order chi connectivity index (χ1) is 8.99. The van der Waals surface area contributed by atoms with E-state index in [9.17, 15) is 8.42 Å². The van der Waals surface area contributed by atoms with Gasteiger partial charge in [0.1, 0.15) is 4.21 Å². The molecular weight excluding hydrogens is 306 g/mol. The fraction of sp³-hybridized carbons (Fsp3) is 0.364. The van der Waals surface area contributed by atoms with Crippen LogP contribution in [-0.2, 0) is 16.4 Å². The Balaban J connectivity index is 1.84. The number of thiophene rings is 1. The summed E-state index contributed by atoms with van der Waals surface area (Å²) in [4.78, 5) is 0. The summed E-state index contributed by atoms with van der Waals surface area (Å²) >= 11 is 6.78. The largest absolute Gasteiger partial charge is 0.283 e. The lowest BCUT2D eigenvalue weighted by Gasteiger charge is -2.04. The van der Waals surface area contributed by atoms with E-state index in [-0.39, 0.29) is 4.21 Å². The van der Waals surface area contributed by atoms with Gasteiger partial charge in [0.05, 0.1) is 10.5 Å². The number of H-pyrrole nitrogens is 1. The molecular formula is C11H14ClN3O2S2. The standard InChI is InChI=1S/C11H14ClN3O2S2/c1-8-9(7-13-15-8)3-2-6-14-19(16,17)11-5-4-10(12)18-11/h4-5,7,14H,2-3,6H2,1H3,(H,13,15). The molecule has 0 saturated heterocycles. The zero-order chi connectivity index (χ0) is 13.9. The molecule has 2 N–H and O–H groups in total. The summed E-state index contributed by atoms with van der Waals surface area (Å²) in [5.41, 5.74) is 2.13. The SMILES string of the molecule is Cc1[nH]ncc1CCCNS(=O)(=O)c1ccc(Cl)s1. The summed E-state index contributed by atoms with van der Waals surface area (Å²) in [6.45, 7) is 2.34. The molecule has 0 aliphatic carbocycles. The maximum atomic E-state index is 11.9. The Morgan fingerprint density at radius 3 is 2.84 bits per heavy atom. The molecule has 0 bridgehead atoms. The third-order valence-corrected chi connectivity index (χ3v) is 5.85. The molecule has 0 fully saturated rings. The van der Waals surface area contributed by atoms with Gasteiger partial charge in [-0.25, -0.2) is 13.1 Å². The fourth-order valence-corrected chi connectivity index (χ4v) is 4.23. The quantitative estimate of drug-likeness (QED) is 0.802. The average molecular weight is 320 g/mol. The number of hydrogen-bond acceptors (Lipinski definition) is 4. The van der Waals surface area contributed by atoms with Crippen molar-refractivity contribution in [3.8, 4) is 0 Å². The van der Waals surface area contributed by atoms with Crippen LogP contribution in [0.2, 0.25) is 4.34 Å². The van der Waals surface area contributed by atoms with E-state index in [1.165, 1.54) is 6.07 Å². The number of halogens is 1. The molecule has 104 valence electrons. The fourth-order valence-electron chi connectivity index (χ4n) is 1.63. The minimum atomic E-state index is -3.43.